The molecule has 0 saturated carbocycles. The number of aryl methyl sites for hydroxylation is 2. The zero-order valence-corrected chi connectivity index (χ0v) is 12.3. The van der Waals surface area contributed by atoms with Crippen LogP contribution in [0, 0.1) is 13.8 Å². The van der Waals surface area contributed by atoms with Gasteiger partial charge in [0.25, 0.3) is 0 Å². The second-order valence-electron chi connectivity index (χ2n) is 5.36. The average molecular weight is 245 g/mol. The third kappa shape index (κ3) is 4.66. The lowest BCUT2D eigenvalue weighted by atomic mass is 9.95. The standard InChI is InChI=1S/C17H27N/c1-6-11-18-17(10-7-13(2)3)16-9-8-14(4)12-15(16)5/h8-9,12,17-18H,2,6-7,10-11H2,1,3-5H3. The van der Waals surface area contributed by atoms with Gasteiger partial charge in [-0.3, -0.25) is 0 Å². The van der Waals surface area contributed by atoms with Gasteiger partial charge in [0.05, 0.1) is 0 Å². The smallest absolute Gasteiger partial charge is 0.0325 e. The molecule has 1 aromatic carbocycles. The third-order valence-corrected chi connectivity index (χ3v) is 3.30. The molecule has 0 radical (unpaired) electrons. The van der Waals surface area contributed by atoms with Gasteiger partial charge in [0.1, 0.15) is 0 Å². The number of benzene rings is 1. The van der Waals surface area contributed by atoms with Crippen LogP contribution >= 0.6 is 0 Å². The molecule has 0 aliphatic carbocycles. The zero-order valence-electron chi connectivity index (χ0n) is 12.3. The predicted molar refractivity (Wildman–Crippen MR) is 81.0 cm³/mol. The molecule has 0 heterocycles. The van der Waals surface area contributed by atoms with Gasteiger partial charge in [0.2, 0.25) is 0 Å². The molecule has 0 saturated heterocycles. The van der Waals surface area contributed by atoms with Crippen molar-refractivity contribution in [1.82, 2.24) is 5.32 Å². The number of hydrogen-bond acceptors (Lipinski definition) is 1. The summed E-state index contributed by atoms with van der Waals surface area (Å²) in [5.41, 5.74) is 5.44. The van der Waals surface area contributed by atoms with Crippen LogP contribution in [-0.4, -0.2) is 6.54 Å². The van der Waals surface area contributed by atoms with Gasteiger partial charge in [-0.15, -0.1) is 6.58 Å². The molecule has 0 aliphatic heterocycles. The Morgan fingerprint density at radius 2 is 2.06 bits per heavy atom. The molecular formula is C17H27N. The molecule has 0 aliphatic rings. The summed E-state index contributed by atoms with van der Waals surface area (Å²) in [6.45, 7) is 13.8. The average Bonchev–Trinajstić information content (AvgIpc) is 2.30. The van der Waals surface area contributed by atoms with Crippen molar-refractivity contribution in [2.24, 2.45) is 0 Å². The van der Waals surface area contributed by atoms with Crippen LogP contribution in [0.2, 0.25) is 0 Å². The van der Waals surface area contributed by atoms with E-state index in [2.05, 4.69) is 57.8 Å². The number of rotatable bonds is 7. The molecule has 1 N–H and O–H groups in total. The van der Waals surface area contributed by atoms with Gasteiger partial charge in [-0.2, -0.15) is 0 Å². The number of allylic oxidation sites excluding steroid dienone is 1. The number of hydrogen-bond donors (Lipinski definition) is 1. The van der Waals surface area contributed by atoms with E-state index in [0.717, 1.165) is 19.4 Å². The van der Waals surface area contributed by atoms with Crippen LogP contribution in [0.4, 0.5) is 0 Å². The molecule has 0 bridgehead atoms. The van der Waals surface area contributed by atoms with E-state index < -0.39 is 0 Å². The molecule has 18 heavy (non-hydrogen) atoms. The Morgan fingerprint density at radius 1 is 1.33 bits per heavy atom. The molecule has 0 amide bonds. The monoisotopic (exact) mass is 245 g/mol. The van der Waals surface area contributed by atoms with Crippen molar-refractivity contribution in [3.63, 3.8) is 0 Å². The van der Waals surface area contributed by atoms with E-state index in [1.807, 2.05) is 0 Å². The fraction of sp³-hybridized carbons (Fsp3) is 0.529. The Balaban J connectivity index is 2.82. The van der Waals surface area contributed by atoms with Crippen LogP contribution in [0.15, 0.2) is 30.4 Å². The van der Waals surface area contributed by atoms with Gasteiger partial charge in [-0.1, -0.05) is 36.3 Å². The highest BCUT2D eigenvalue weighted by atomic mass is 14.9. The first-order chi connectivity index (χ1) is 8.54. The maximum atomic E-state index is 4.01. The highest BCUT2D eigenvalue weighted by Crippen LogP contribution is 2.24. The summed E-state index contributed by atoms with van der Waals surface area (Å²) in [5.74, 6) is 0. The summed E-state index contributed by atoms with van der Waals surface area (Å²) in [5, 5.41) is 3.66. The van der Waals surface area contributed by atoms with E-state index in [4.69, 9.17) is 0 Å². The normalized spacial score (nSPS) is 12.4. The van der Waals surface area contributed by atoms with Gasteiger partial charge in [-0.25, -0.2) is 0 Å². The summed E-state index contributed by atoms with van der Waals surface area (Å²) < 4.78 is 0. The molecule has 100 valence electrons. The molecule has 0 spiro atoms. The highest BCUT2D eigenvalue weighted by molar-refractivity contribution is 5.32. The van der Waals surface area contributed by atoms with Crippen molar-refractivity contribution in [1.29, 1.82) is 0 Å². The fourth-order valence-electron chi connectivity index (χ4n) is 2.29. The van der Waals surface area contributed by atoms with Gasteiger partial charge in [0.15, 0.2) is 0 Å². The molecule has 0 fully saturated rings. The summed E-state index contributed by atoms with van der Waals surface area (Å²) >= 11 is 0. The van der Waals surface area contributed by atoms with Crippen molar-refractivity contribution in [3.8, 4) is 0 Å². The molecule has 1 rings (SSSR count). The molecular weight excluding hydrogens is 218 g/mol. The maximum Gasteiger partial charge on any atom is 0.0325 e. The highest BCUT2D eigenvalue weighted by Gasteiger charge is 2.12. The predicted octanol–water partition coefficient (Wildman–Crippen LogP) is 4.70. The van der Waals surface area contributed by atoms with Crippen LogP contribution < -0.4 is 5.32 Å². The van der Waals surface area contributed by atoms with Crippen LogP contribution in [-0.2, 0) is 0 Å². The van der Waals surface area contributed by atoms with Crippen molar-refractivity contribution >= 4 is 0 Å². The van der Waals surface area contributed by atoms with E-state index in [9.17, 15) is 0 Å². The Bertz CT molecular complexity index is 393. The summed E-state index contributed by atoms with van der Waals surface area (Å²) in [4.78, 5) is 0. The fourth-order valence-corrected chi connectivity index (χ4v) is 2.29. The van der Waals surface area contributed by atoms with Crippen molar-refractivity contribution < 1.29 is 0 Å². The molecule has 1 aromatic rings. The zero-order chi connectivity index (χ0) is 13.5. The quantitative estimate of drug-likeness (QED) is 0.687. The van der Waals surface area contributed by atoms with E-state index in [-0.39, 0.29) is 0 Å². The minimum Gasteiger partial charge on any atom is -0.310 e. The lowest BCUT2D eigenvalue weighted by Gasteiger charge is -2.21. The first-order valence-electron chi connectivity index (χ1n) is 6.99. The first kappa shape index (κ1) is 15.0. The van der Waals surface area contributed by atoms with Crippen molar-refractivity contribution in [2.75, 3.05) is 6.54 Å². The minimum absolute atomic E-state index is 0.460. The van der Waals surface area contributed by atoms with Crippen LogP contribution in [0.3, 0.4) is 0 Å². The lowest BCUT2D eigenvalue weighted by Crippen LogP contribution is -2.23. The molecule has 1 heteroatoms. The van der Waals surface area contributed by atoms with E-state index in [1.165, 1.54) is 28.7 Å². The minimum atomic E-state index is 0.460. The van der Waals surface area contributed by atoms with E-state index in [0.29, 0.717) is 6.04 Å². The molecule has 1 nitrogen and oxygen atoms in total. The second-order valence-corrected chi connectivity index (χ2v) is 5.36. The summed E-state index contributed by atoms with van der Waals surface area (Å²) in [6.07, 6.45) is 3.41. The SMILES string of the molecule is C=C(C)CCC(NCCC)c1ccc(C)cc1C. The molecule has 0 aromatic heterocycles. The summed E-state index contributed by atoms with van der Waals surface area (Å²) in [7, 11) is 0. The molecule has 1 atom stereocenters. The van der Waals surface area contributed by atoms with Crippen LogP contribution in [0.5, 0.6) is 0 Å². The van der Waals surface area contributed by atoms with Crippen molar-refractivity contribution in [2.45, 2.75) is 53.0 Å². The van der Waals surface area contributed by atoms with E-state index >= 15 is 0 Å². The van der Waals surface area contributed by atoms with Gasteiger partial charge in [0, 0.05) is 6.04 Å². The van der Waals surface area contributed by atoms with Gasteiger partial charge >= 0.3 is 0 Å². The largest absolute Gasteiger partial charge is 0.310 e. The Labute approximate surface area is 112 Å². The first-order valence-corrected chi connectivity index (χ1v) is 6.99. The van der Waals surface area contributed by atoms with E-state index in [1.54, 1.807) is 0 Å². The Kier molecular flexibility index (Phi) is 6.14. The van der Waals surface area contributed by atoms with Gasteiger partial charge < -0.3 is 5.32 Å². The second kappa shape index (κ2) is 7.38. The van der Waals surface area contributed by atoms with Crippen LogP contribution in [0.1, 0.15) is 55.8 Å². The third-order valence-electron chi connectivity index (χ3n) is 3.30. The summed E-state index contributed by atoms with van der Waals surface area (Å²) in [6, 6.07) is 7.22. The Hall–Kier alpha value is -1.08. The molecule has 1 unspecified atom stereocenters. The van der Waals surface area contributed by atoms with Crippen LogP contribution in [0.25, 0.3) is 0 Å². The topological polar surface area (TPSA) is 12.0 Å². The van der Waals surface area contributed by atoms with Gasteiger partial charge in [-0.05, 0) is 57.7 Å². The number of nitrogens with one attached hydrogen (secondary N) is 1. The Morgan fingerprint density at radius 3 is 2.61 bits per heavy atom. The van der Waals surface area contributed by atoms with Crippen molar-refractivity contribution in [3.05, 3.63) is 47.0 Å². The maximum absolute atomic E-state index is 4.01. The lowest BCUT2D eigenvalue weighted by molar-refractivity contribution is 0.497.